The van der Waals surface area contributed by atoms with Crippen LogP contribution in [0.15, 0.2) is 22.5 Å². The SMILES string of the molecule is COCC(C)NC(N)=NCC(c1cccs1)N(C)C.I. The van der Waals surface area contributed by atoms with Crippen LogP contribution in [0.25, 0.3) is 0 Å². The maximum Gasteiger partial charge on any atom is 0.188 e. The Balaban J connectivity index is 0.00000361. The third kappa shape index (κ3) is 6.87. The van der Waals surface area contributed by atoms with E-state index in [1.807, 2.05) is 6.92 Å². The first kappa shape index (κ1) is 19.6. The van der Waals surface area contributed by atoms with Gasteiger partial charge in [0.25, 0.3) is 0 Å². The number of rotatable bonds is 7. The van der Waals surface area contributed by atoms with E-state index in [2.05, 4.69) is 46.8 Å². The molecule has 0 saturated carbocycles. The molecule has 2 unspecified atom stereocenters. The Morgan fingerprint density at radius 1 is 1.55 bits per heavy atom. The van der Waals surface area contributed by atoms with Crippen LogP contribution >= 0.6 is 35.3 Å². The summed E-state index contributed by atoms with van der Waals surface area (Å²) in [5, 5.41) is 5.19. The molecular weight excluding hydrogens is 387 g/mol. The van der Waals surface area contributed by atoms with Crippen molar-refractivity contribution in [2.45, 2.75) is 19.0 Å². The number of likely N-dealkylation sites (N-methyl/N-ethyl adjacent to an activating group) is 1. The molecule has 0 aliphatic rings. The van der Waals surface area contributed by atoms with Gasteiger partial charge in [0.2, 0.25) is 0 Å². The first-order valence-corrected chi connectivity index (χ1v) is 7.17. The Labute approximate surface area is 142 Å². The summed E-state index contributed by atoms with van der Waals surface area (Å²) in [6.07, 6.45) is 0. The Morgan fingerprint density at radius 2 is 2.25 bits per heavy atom. The minimum absolute atomic E-state index is 0. The average Bonchev–Trinajstić information content (AvgIpc) is 2.82. The van der Waals surface area contributed by atoms with Crippen molar-refractivity contribution in [1.82, 2.24) is 10.2 Å². The van der Waals surface area contributed by atoms with Crippen LogP contribution in [0, 0.1) is 0 Å². The van der Waals surface area contributed by atoms with Gasteiger partial charge in [0, 0.05) is 18.0 Å². The lowest BCUT2D eigenvalue weighted by atomic mass is 10.2. The molecule has 20 heavy (non-hydrogen) atoms. The molecule has 1 aromatic rings. The maximum atomic E-state index is 5.87. The number of nitrogens with two attached hydrogens (primary N) is 1. The van der Waals surface area contributed by atoms with Gasteiger partial charge in [-0.05, 0) is 32.5 Å². The summed E-state index contributed by atoms with van der Waals surface area (Å²) in [6.45, 7) is 3.26. The minimum Gasteiger partial charge on any atom is -0.383 e. The lowest BCUT2D eigenvalue weighted by Crippen LogP contribution is -2.41. The molecule has 5 nitrogen and oxygen atoms in total. The van der Waals surface area contributed by atoms with Crippen LogP contribution in [-0.4, -0.2) is 51.3 Å². The Kier molecular flexibility index (Phi) is 10.2. The first-order valence-electron chi connectivity index (χ1n) is 6.29. The Morgan fingerprint density at radius 3 is 2.75 bits per heavy atom. The van der Waals surface area contributed by atoms with Crippen LogP contribution in [0.1, 0.15) is 17.8 Å². The smallest absolute Gasteiger partial charge is 0.188 e. The number of halogens is 1. The van der Waals surface area contributed by atoms with E-state index in [4.69, 9.17) is 10.5 Å². The van der Waals surface area contributed by atoms with Gasteiger partial charge in [-0.25, -0.2) is 0 Å². The summed E-state index contributed by atoms with van der Waals surface area (Å²) < 4.78 is 5.05. The summed E-state index contributed by atoms with van der Waals surface area (Å²) in [5.74, 6) is 0.466. The summed E-state index contributed by atoms with van der Waals surface area (Å²) in [5.41, 5.74) is 5.87. The zero-order valence-electron chi connectivity index (χ0n) is 12.5. The third-order valence-corrected chi connectivity index (χ3v) is 3.71. The third-order valence-electron chi connectivity index (χ3n) is 2.74. The molecule has 1 heterocycles. The van der Waals surface area contributed by atoms with Gasteiger partial charge in [-0.3, -0.25) is 4.99 Å². The highest BCUT2D eigenvalue weighted by molar-refractivity contribution is 14.0. The molecule has 0 radical (unpaired) electrons. The van der Waals surface area contributed by atoms with E-state index in [-0.39, 0.29) is 36.1 Å². The second kappa shape index (κ2) is 10.4. The van der Waals surface area contributed by atoms with Gasteiger partial charge in [-0.1, -0.05) is 6.07 Å². The zero-order valence-corrected chi connectivity index (χ0v) is 15.6. The monoisotopic (exact) mass is 412 g/mol. The van der Waals surface area contributed by atoms with E-state index in [0.29, 0.717) is 19.1 Å². The van der Waals surface area contributed by atoms with Crippen molar-refractivity contribution in [3.05, 3.63) is 22.4 Å². The van der Waals surface area contributed by atoms with E-state index >= 15 is 0 Å². The summed E-state index contributed by atoms with van der Waals surface area (Å²) >= 11 is 1.74. The van der Waals surface area contributed by atoms with Crippen LogP contribution < -0.4 is 11.1 Å². The number of nitrogens with zero attached hydrogens (tertiary/aromatic N) is 2. The van der Waals surface area contributed by atoms with Crippen LogP contribution in [0.4, 0.5) is 0 Å². The van der Waals surface area contributed by atoms with E-state index in [1.165, 1.54) is 4.88 Å². The molecule has 116 valence electrons. The molecule has 0 amide bonds. The highest BCUT2D eigenvalue weighted by atomic mass is 127. The largest absolute Gasteiger partial charge is 0.383 e. The summed E-state index contributed by atoms with van der Waals surface area (Å²) in [6, 6.07) is 4.61. The van der Waals surface area contributed by atoms with Gasteiger partial charge in [-0.15, -0.1) is 35.3 Å². The fourth-order valence-electron chi connectivity index (χ4n) is 1.76. The predicted octanol–water partition coefficient (Wildman–Crippen LogP) is 1.91. The molecule has 0 aliphatic heterocycles. The van der Waals surface area contributed by atoms with Gasteiger partial charge in [0.05, 0.1) is 19.2 Å². The van der Waals surface area contributed by atoms with Gasteiger partial charge in [0.15, 0.2) is 5.96 Å². The van der Waals surface area contributed by atoms with E-state index < -0.39 is 0 Å². The highest BCUT2D eigenvalue weighted by Crippen LogP contribution is 2.23. The number of hydrogen-bond acceptors (Lipinski definition) is 4. The molecule has 2 atom stereocenters. The van der Waals surface area contributed by atoms with Crippen molar-refractivity contribution in [1.29, 1.82) is 0 Å². The lowest BCUT2D eigenvalue weighted by Gasteiger charge is -2.22. The standard InChI is InChI=1S/C13H24N4OS.HI/c1-10(9-18-4)16-13(14)15-8-11(17(2)3)12-6-5-7-19-12;/h5-7,10-11H,8-9H2,1-4H3,(H3,14,15,16);1H. The second-order valence-electron chi connectivity index (χ2n) is 4.72. The summed E-state index contributed by atoms with van der Waals surface area (Å²) in [4.78, 5) is 7.87. The number of ether oxygens (including phenoxy) is 1. The molecular formula is C13H25IN4OS. The normalized spacial score (nSPS) is 14.8. The van der Waals surface area contributed by atoms with Gasteiger partial charge < -0.3 is 20.7 Å². The Hall–Kier alpha value is -0.380. The highest BCUT2D eigenvalue weighted by Gasteiger charge is 2.14. The molecule has 1 rings (SSSR count). The lowest BCUT2D eigenvalue weighted by molar-refractivity contribution is 0.179. The van der Waals surface area contributed by atoms with E-state index in [9.17, 15) is 0 Å². The first-order chi connectivity index (χ1) is 9.04. The van der Waals surface area contributed by atoms with Crippen LogP contribution in [0.2, 0.25) is 0 Å². The molecule has 0 saturated heterocycles. The Bertz CT molecular complexity index is 384. The number of hydrogen-bond donors (Lipinski definition) is 2. The van der Waals surface area contributed by atoms with Crippen molar-refractivity contribution in [3.63, 3.8) is 0 Å². The molecule has 0 aliphatic carbocycles. The van der Waals surface area contributed by atoms with Crippen molar-refractivity contribution in [3.8, 4) is 0 Å². The number of nitrogens with one attached hydrogen (secondary N) is 1. The molecule has 0 fully saturated rings. The molecule has 0 spiro atoms. The zero-order chi connectivity index (χ0) is 14.3. The molecule has 0 aromatic carbocycles. The van der Waals surface area contributed by atoms with E-state index in [0.717, 1.165) is 0 Å². The minimum atomic E-state index is 0. The van der Waals surface area contributed by atoms with E-state index in [1.54, 1.807) is 18.4 Å². The van der Waals surface area contributed by atoms with Crippen LogP contribution in [0.3, 0.4) is 0 Å². The molecule has 0 bridgehead atoms. The molecule has 3 N–H and O–H groups in total. The van der Waals surface area contributed by atoms with Crippen molar-refractivity contribution < 1.29 is 4.74 Å². The van der Waals surface area contributed by atoms with Crippen molar-refractivity contribution in [2.24, 2.45) is 10.7 Å². The topological polar surface area (TPSA) is 62.9 Å². The van der Waals surface area contributed by atoms with Gasteiger partial charge in [0.1, 0.15) is 0 Å². The van der Waals surface area contributed by atoms with Crippen molar-refractivity contribution >= 4 is 41.3 Å². The number of thiophene rings is 1. The number of guanidine groups is 1. The average molecular weight is 412 g/mol. The van der Waals surface area contributed by atoms with Gasteiger partial charge >= 0.3 is 0 Å². The van der Waals surface area contributed by atoms with Crippen LogP contribution in [0.5, 0.6) is 0 Å². The number of methoxy groups -OCH3 is 1. The molecule has 7 heteroatoms. The quantitative estimate of drug-likeness (QED) is 0.408. The number of aliphatic imine (C=N–C) groups is 1. The second-order valence-corrected chi connectivity index (χ2v) is 5.70. The van der Waals surface area contributed by atoms with Gasteiger partial charge in [-0.2, -0.15) is 0 Å². The van der Waals surface area contributed by atoms with Crippen LogP contribution in [-0.2, 0) is 4.74 Å². The summed E-state index contributed by atoms with van der Waals surface area (Å²) in [7, 11) is 5.78. The fourth-order valence-corrected chi connectivity index (χ4v) is 2.68. The maximum absolute atomic E-state index is 5.87. The predicted molar refractivity (Wildman–Crippen MR) is 97.1 cm³/mol. The molecule has 1 aromatic heterocycles. The fraction of sp³-hybridized carbons (Fsp3) is 0.615. The van der Waals surface area contributed by atoms with Crippen molar-refractivity contribution in [2.75, 3.05) is 34.4 Å².